The minimum Gasteiger partial charge on any atom is -0.477 e. The molecule has 0 aliphatic rings. The van der Waals surface area contributed by atoms with Gasteiger partial charge in [-0.25, -0.2) is 9.18 Å². The zero-order valence-electron chi connectivity index (χ0n) is 10.9. The van der Waals surface area contributed by atoms with E-state index in [0.29, 0.717) is 22.2 Å². The number of fused-ring (bicyclic) bond motifs is 1. The van der Waals surface area contributed by atoms with E-state index in [2.05, 4.69) is 5.32 Å². The molecule has 3 aromatic rings. The summed E-state index contributed by atoms with van der Waals surface area (Å²) in [4.78, 5) is 11.5. The topological polar surface area (TPSA) is 62.5 Å². The fourth-order valence-corrected chi connectivity index (χ4v) is 3.31. The fraction of sp³-hybridized carbons (Fsp3) is 0.133. The Morgan fingerprint density at radius 1 is 1.33 bits per heavy atom. The quantitative estimate of drug-likeness (QED) is 0.755. The number of hydrogen-bond acceptors (Lipinski definition) is 4. The van der Waals surface area contributed by atoms with Crippen LogP contribution >= 0.6 is 11.3 Å². The first-order valence-electron chi connectivity index (χ1n) is 6.32. The Bertz CT molecular complexity index is 780. The molecule has 0 fully saturated rings. The number of rotatable bonds is 5. The van der Waals surface area contributed by atoms with Gasteiger partial charge in [0.05, 0.1) is 12.5 Å². The average molecular weight is 305 g/mol. The van der Waals surface area contributed by atoms with E-state index in [1.54, 1.807) is 24.7 Å². The van der Waals surface area contributed by atoms with Gasteiger partial charge in [0, 0.05) is 34.3 Å². The van der Waals surface area contributed by atoms with Gasteiger partial charge in [-0.15, -0.1) is 11.3 Å². The van der Waals surface area contributed by atoms with Crippen molar-refractivity contribution in [2.75, 3.05) is 0 Å². The summed E-state index contributed by atoms with van der Waals surface area (Å²) in [7, 11) is 0. The van der Waals surface area contributed by atoms with Gasteiger partial charge in [-0.3, -0.25) is 0 Å². The molecule has 0 unspecified atom stereocenters. The van der Waals surface area contributed by atoms with Crippen LogP contribution in [0.3, 0.4) is 0 Å². The highest BCUT2D eigenvalue weighted by atomic mass is 32.1. The summed E-state index contributed by atoms with van der Waals surface area (Å²) in [6.45, 7) is 0.815. The third-order valence-corrected chi connectivity index (χ3v) is 4.35. The highest BCUT2D eigenvalue weighted by Crippen LogP contribution is 2.33. The van der Waals surface area contributed by atoms with Crippen LogP contribution in [0.1, 0.15) is 20.8 Å². The van der Waals surface area contributed by atoms with Crippen LogP contribution in [0.2, 0.25) is 0 Å². The Balaban J connectivity index is 1.91. The van der Waals surface area contributed by atoms with Crippen molar-refractivity contribution < 1.29 is 18.7 Å². The molecule has 6 heteroatoms. The Labute approximate surface area is 123 Å². The number of halogens is 1. The lowest BCUT2D eigenvalue weighted by Gasteiger charge is -2.04. The van der Waals surface area contributed by atoms with Gasteiger partial charge in [0.1, 0.15) is 10.7 Å². The molecule has 108 valence electrons. The first-order chi connectivity index (χ1) is 10.2. The van der Waals surface area contributed by atoms with Crippen LogP contribution < -0.4 is 5.32 Å². The molecule has 0 aliphatic heterocycles. The van der Waals surface area contributed by atoms with Crippen LogP contribution in [0.5, 0.6) is 0 Å². The van der Waals surface area contributed by atoms with Gasteiger partial charge in [0.15, 0.2) is 0 Å². The van der Waals surface area contributed by atoms with Crippen LogP contribution in [-0.4, -0.2) is 11.1 Å². The van der Waals surface area contributed by atoms with E-state index in [1.807, 2.05) is 6.07 Å². The first-order valence-corrected chi connectivity index (χ1v) is 7.13. The Hall–Kier alpha value is -2.18. The Kier molecular flexibility index (Phi) is 3.72. The first kappa shape index (κ1) is 13.8. The molecule has 0 aliphatic carbocycles. The molecule has 2 heterocycles. The summed E-state index contributed by atoms with van der Waals surface area (Å²) in [6, 6.07) is 6.48. The Morgan fingerprint density at radius 3 is 2.90 bits per heavy atom. The predicted octanol–water partition coefficient (Wildman–Crippen LogP) is 3.62. The van der Waals surface area contributed by atoms with Crippen molar-refractivity contribution in [2.24, 2.45) is 0 Å². The Morgan fingerprint density at radius 2 is 2.19 bits per heavy atom. The monoisotopic (exact) mass is 305 g/mol. The van der Waals surface area contributed by atoms with Crippen LogP contribution in [0.4, 0.5) is 4.39 Å². The number of benzene rings is 1. The maximum absolute atomic E-state index is 14.0. The normalized spacial score (nSPS) is 11.1. The highest BCUT2D eigenvalue weighted by molar-refractivity contribution is 7.21. The molecule has 3 rings (SSSR count). The number of carboxylic acid groups (broad SMARTS) is 1. The number of aromatic carboxylic acids is 1. The van der Waals surface area contributed by atoms with Crippen molar-refractivity contribution in [1.29, 1.82) is 0 Å². The molecule has 21 heavy (non-hydrogen) atoms. The van der Waals surface area contributed by atoms with Gasteiger partial charge in [0.2, 0.25) is 0 Å². The molecule has 4 nitrogen and oxygen atoms in total. The third kappa shape index (κ3) is 2.68. The molecule has 1 aromatic carbocycles. The molecule has 0 amide bonds. The molecule has 0 atom stereocenters. The van der Waals surface area contributed by atoms with Crippen LogP contribution in [-0.2, 0) is 13.1 Å². The van der Waals surface area contributed by atoms with Gasteiger partial charge in [-0.05, 0) is 18.2 Å². The largest absolute Gasteiger partial charge is 0.477 e. The van der Waals surface area contributed by atoms with Crippen molar-refractivity contribution in [3.8, 4) is 0 Å². The molecular formula is C15H12FNO3S. The lowest BCUT2D eigenvalue weighted by atomic mass is 10.1. The van der Waals surface area contributed by atoms with Crippen molar-refractivity contribution in [2.45, 2.75) is 13.1 Å². The number of carbonyl (C=O) groups is 1. The van der Waals surface area contributed by atoms with Crippen LogP contribution in [0.25, 0.3) is 10.1 Å². The molecule has 0 bridgehead atoms. The number of thiophene rings is 1. The van der Waals surface area contributed by atoms with E-state index in [0.717, 1.165) is 16.9 Å². The lowest BCUT2D eigenvalue weighted by molar-refractivity contribution is 0.0701. The van der Waals surface area contributed by atoms with Crippen molar-refractivity contribution in [3.63, 3.8) is 0 Å². The highest BCUT2D eigenvalue weighted by Gasteiger charge is 2.19. The molecular weight excluding hydrogens is 293 g/mol. The number of nitrogens with one attached hydrogen (secondary N) is 1. The van der Waals surface area contributed by atoms with E-state index >= 15 is 0 Å². The molecule has 0 spiro atoms. The molecule has 2 N–H and O–H groups in total. The summed E-state index contributed by atoms with van der Waals surface area (Å²) < 4.78 is 19.6. The summed E-state index contributed by atoms with van der Waals surface area (Å²) in [6.07, 6.45) is 3.18. The second-order valence-corrected chi connectivity index (χ2v) is 5.62. The maximum Gasteiger partial charge on any atom is 0.346 e. The van der Waals surface area contributed by atoms with Gasteiger partial charge >= 0.3 is 5.97 Å². The van der Waals surface area contributed by atoms with E-state index in [-0.39, 0.29) is 11.4 Å². The summed E-state index contributed by atoms with van der Waals surface area (Å²) >= 11 is 1.10. The second-order valence-electron chi connectivity index (χ2n) is 4.56. The number of carboxylic acids is 1. The minimum atomic E-state index is -1.03. The standard InChI is InChI=1S/C15H12FNO3S/c16-11-2-1-3-12-13(11)10(14(21-12)15(18)19)7-17-6-9-4-5-20-8-9/h1-5,8,17H,6-7H2,(H,18,19). The van der Waals surface area contributed by atoms with E-state index in [4.69, 9.17) is 4.42 Å². The smallest absolute Gasteiger partial charge is 0.346 e. The molecule has 0 saturated heterocycles. The van der Waals surface area contributed by atoms with Gasteiger partial charge in [-0.2, -0.15) is 0 Å². The summed E-state index contributed by atoms with van der Waals surface area (Å²) in [5.41, 5.74) is 1.44. The van der Waals surface area contributed by atoms with Crippen molar-refractivity contribution in [1.82, 2.24) is 5.32 Å². The lowest BCUT2D eigenvalue weighted by Crippen LogP contribution is -2.14. The molecule has 2 aromatic heterocycles. The number of hydrogen-bond donors (Lipinski definition) is 2. The van der Waals surface area contributed by atoms with Crippen molar-refractivity contribution >= 4 is 27.4 Å². The van der Waals surface area contributed by atoms with Gasteiger partial charge in [-0.1, -0.05) is 6.07 Å². The zero-order chi connectivity index (χ0) is 14.8. The second kappa shape index (κ2) is 5.67. The fourth-order valence-electron chi connectivity index (χ4n) is 2.23. The predicted molar refractivity (Wildman–Crippen MR) is 78.0 cm³/mol. The third-order valence-electron chi connectivity index (χ3n) is 3.17. The van der Waals surface area contributed by atoms with E-state index in [1.165, 1.54) is 6.07 Å². The van der Waals surface area contributed by atoms with E-state index in [9.17, 15) is 14.3 Å². The molecule has 0 saturated carbocycles. The van der Waals surface area contributed by atoms with E-state index < -0.39 is 11.8 Å². The minimum absolute atomic E-state index is 0.176. The average Bonchev–Trinajstić information content (AvgIpc) is 3.07. The van der Waals surface area contributed by atoms with Gasteiger partial charge < -0.3 is 14.8 Å². The van der Waals surface area contributed by atoms with Crippen LogP contribution in [0, 0.1) is 5.82 Å². The molecule has 0 radical (unpaired) electrons. The maximum atomic E-state index is 14.0. The summed E-state index contributed by atoms with van der Waals surface area (Å²) in [5.74, 6) is -1.42. The van der Waals surface area contributed by atoms with Gasteiger partial charge in [0.25, 0.3) is 0 Å². The van der Waals surface area contributed by atoms with Crippen molar-refractivity contribution in [3.05, 3.63) is 58.6 Å². The van der Waals surface area contributed by atoms with Crippen LogP contribution in [0.15, 0.2) is 41.2 Å². The number of furan rings is 1. The SMILES string of the molecule is O=C(O)c1sc2cccc(F)c2c1CNCc1ccoc1. The summed E-state index contributed by atoms with van der Waals surface area (Å²) in [5, 5.41) is 12.8. The zero-order valence-corrected chi connectivity index (χ0v) is 11.7.